The summed E-state index contributed by atoms with van der Waals surface area (Å²) in [5.41, 5.74) is 3.09. The lowest BCUT2D eigenvalue weighted by Gasteiger charge is -2.37. The normalized spacial score (nSPS) is 18.0. The highest BCUT2D eigenvalue weighted by molar-refractivity contribution is 6.31. The van der Waals surface area contributed by atoms with Crippen molar-refractivity contribution in [1.82, 2.24) is 10.2 Å². The minimum Gasteiger partial charge on any atom is -0.314 e. The minimum atomic E-state index is 0. The van der Waals surface area contributed by atoms with E-state index in [1.54, 1.807) is 0 Å². The molecule has 0 saturated carbocycles. The Morgan fingerprint density at radius 2 is 1.91 bits per heavy atom. The molecule has 5 heteroatoms. The second-order valence-corrected chi connectivity index (χ2v) is 5.93. The number of rotatable bonds is 3. The van der Waals surface area contributed by atoms with Crippen LogP contribution in [0.15, 0.2) is 48.5 Å². The predicted octanol–water partition coefficient (Wildman–Crippen LogP) is 3.78. The summed E-state index contributed by atoms with van der Waals surface area (Å²) in [6.07, 6.45) is 0. The zero-order chi connectivity index (χ0) is 15.4. The molecule has 120 valence electrons. The summed E-state index contributed by atoms with van der Waals surface area (Å²) in [4.78, 5) is 2.44. The van der Waals surface area contributed by atoms with Crippen LogP contribution in [0, 0.1) is 11.3 Å². The summed E-state index contributed by atoms with van der Waals surface area (Å²) in [5.74, 6) is 0. The molecule has 0 bridgehead atoms. The van der Waals surface area contributed by atoms with Gasteiger partial charge in [0.15, 0.2) is 0 Å². The van der Waals surface area contributed by atoms with Gasteiger partial charge in [-0.1, -0.05) is 41.9 Å². The molecule has 0 aliphatic carbocycles. The molecule has 3 nitrogen and oxygen atoms in total. The monoisotopic (exact) mass is 347 g/mol. The van der Waals surface area contributed by atoms with Crippen LogP contribution < -0.4 is 5.32 Å². The lowest BCUT2D eigenvalue weighted by molar-refractivity contribution is 0.154. The van der Waals surface area contributed by atoms with Crippen LogP contribution in [0.4, 0.5) is 0 Å². The molecule has 2 aromatic carbocycles. The lowest BCUT2D eigenvalue weighted by atomic mass is 10.0. The number of halogens is 2. The van der Waals surface area contributed by atoms with E-state index in [0.717, 1.165) is 31.2 Å². The number of benzene rings is 2. The topological polar surface area (TPSA) is 39.1 Å². The van der Waals surface area contributed by atoms with Crippen molar-refractivity contribution in [2.75, 3.05) is 19.6 Å². The molecule has 1 fully saturated rings. The van der Waals surface area contributed by atoms with Crippen molar-refractivity contribution in [2.24, 2.45) is 0 Å². The largest absolute Gasteiger partial charge is 0.314 e. The average Bonchev–Trinajstić information content (AvgIpc) is 2.57. The molecular formula is C18H19Cl2N3. The van der Waals surface area contributed by atoms with Crippen molar-refractivity contribution >= 4 is 24.0 Å². The van der Waals surface area contributed by atoms with Gasteiger partial charge in [0.05, 0.1) is 11.6 Å². The summed E-state index contributed by atoms with van der Waals surface area (Å²) < 4.78 is 0. The first kappa shape index (κ1) is 17.8. The summed E-state index contributed by atoms with van der Waals surface area (Å²) >= 11 is 6.37. The predicted molar refractivity (Wildman–Crippen MR) is 95.9 cm³/mol. The molecular weight excluding hydrogens is 329 g/mol. The molecule has 1 saturated heterocycles. The van der Waals surface area contributed by atoms with Crippen LogP contribution in [-0.2, 0) is 6.54 Å². The molecule has 1 aliphatic rings. The number of nitriles is 1. The number of nitrogens with zero attached hydrogens (tertiary/aromatic N) is 2. The number of hydrogen-bond donors (Lipinski definition) is 1. The molecule has 1 heterocycles. The maximum atomic E-state index is 8.89. The second-order valence-electron chi connectivity index (χ2n) is 5.52. The van der Waals surface area contributed by atoms with E-state index in [2.05, 4.69) is 22.4 Å². The van der Waals surface area contributed by atoms with E-state index in [1.807, 2.05) is 42.5 Å². The van der Waals surface area contributed by atoms with Gasteiger partial charge in [-0.05, 0) is 29.3 Å². The quantitative estimate of drug-likeness (QED) is 0.918. The third-order valence-corrected chi connectivity index (χ3v) is 4.43. The van der Waals surface area contributed by atoms with Crippen LogP contribution >= 0.6 is 24.0 Å². The summed E-state index contributed by atoms with van der Waals surface area (Å²) in [5, 5.41) is 13.2. The summed E-state index contributed by atoms with van der Waals surface area (Å²) in [6.45, 7) is 3.73. The van der Waals surface area contributed by atoms with Gasteiger partial charge >= 0.3 is 0 Å². The Hall–Kier alpha value is -1.57. The van der Waals surface area contributed by atoms with E-state index < -0.39 is 0 Å². The maximum absolute atomic E-state index is 8.89. The fourth-order valence-electron chi connectivity index (χ4n) is 2.91. The second kappa shape index (κ2) is 8.33. The Bertz CT molecular complexity index is 679. The van der Waals surface area contributed by atoms with Gasteiger partial charge in [-0.3, -0.25) is 4.90 Å². The van der Waals surface area contributed by atoms with Crippen LogP contribution in [0.5, 0.6) is 0 Å². The van der Waals surface area contributed by atoms with E-state index in [1.165, 1.54) is 11.1 Å². The zero-order valence-corrected chi connectivity index (χ0v) is 14.3. The molecule has 23 heavy (non-hydrogen) atoms. The van der Waals surface area contributed by atoms with Crippen LogP contribution in [0.3, 0.4) is 0 Å². The molecule has 1 N–H and O–H groups in total. The van der Waals surface area contributed by atoms with Crippen molar-refractivity contribution in [3.05, 3.63) is 70.2 Å². The van der Waals surface area contributed by atoms with Crippen molar-refractivity contribution < 1.29 is 0 Å². The van der Waals surface area contributed by atoms with Gasteiger partial charge in [0.25, 0.3) is 0 Å². The van der Waals surface area contributed by atoms with Gasteiger partial charge in [0.2, 0.25) is 0 Å². The van der Waals surface area contributed by atoms with Gasteiger partial charge in [0.1, 0.15) is 0 Å². The maximum Gasteiger partial charge on any atom is 0.0991 e. The molecule has 0 spiro atoms. The Kier molecular flexibility index (Phi) is 6.44. The summed E-state index contributed by atoms with van der Waals surface area (Å²) in [7, 11) is 0. The van der Waals surface area contributed by atoms with Crippen molar-refractivity contribution in [2.45, 2.75) is 12.6 Å². The van der Waals surface area contributed by atoms with Crippen molar-refractivity contribution in [3.63, 3.8) is 0 Å². The third-order valence-electron chi connectivity index (χ3n) is 4.09. The fourth-order valence-corrected chi connectivity index (χ4v) is 3.17. The molecule has 0 amide bonds. The molecule has 1 aliphatic heterocycles. The Labute approximate surface area is 148 Å². The van der Waals surface area contributed by atoms with Gasteiger partial charge in [-0.25, -0.2) is 0 Å². The first-order chi connectivity index (χ1) is 10.8. The fraction of sp³-hybridized carbons (Fsp3) is 0.278. The Morgan fingerprint density at radius 3 is 2.61 bits per heavy atom. The molecule has 1 unspecified atom stereocenters. The van der Waals surface area contributed by atoms with E-state index in [0.29, 0.717) is 5.56 Å². The number of piperazine rings is 1. The lowest BCUT2D eigenvalue weighted by Crippen LogP contribution is -2.45. The first-order valence-corrected chi connectivity index (χ1v) is 7.84. The van der Waals surface area contributed by atoms with Gasteiger partial charge < -0.3 is 5.32 Å². The molecule has 0 radical (unpaired) electrons. The van der Waals surface area contributed by atoms with Gasteiger partial charge in [-0.15, -0.1) is 12.4 Å². The van der Waals surface area contributed by atoms with E-state index in [4.69, 9.17) is 16.9 Å². The molecule has 3 rings (SSSR count). The molecule has 1 atom stereocenters. The van der Waals surface area contributed by atoms with Crippen molar-refractivity contribution in [3.8, 4) is 6.07 Å². The van der Waals surface area contributed by atoms with E-state index >= 15 is 0 Å². The highest BCUT2D eigenvalue weighted by atomic mass is 35.5. The molecule has 0 aromatic heterocycles. The summed E-state index contributed by atoms with van der Waals surface area (Å²) in [6, 6.07) is 18.3. The Balaban J connectivity index is 0.00000192. The standard InChI is InChI=1S/C18H18ClN3.ClH/c19-17-4-2-1-3-16(17)18-12-21-9-10-22(18)13-15-7-5-14(11-20)6-8-15;/h1-8,18,21H,9-10,12-13H2;1H. The SMILES string of the molecule is Cl.N#Cc1ccc(CN2CCNCC2c2ccccc2Cl)cc1. The molecule has 2 aromatic rings. The van der Waals surface area contributed by atoms with Crippen LogP contribution in [0.25, 0.3) is 0 Å². The van der Waals surface area contributed by atoms with Crippen LogP contribution in [0.1, 0.15) is 22.7 Å². The smallest absolute Gasteiger partial charge is 0.0991 e. The van der Waals surface area contributed by atoms with Crippen molar-refractivity contribution in [1.29, 1.82) is 5.26 Å². The van der Waals surface area contributed by atoms with E-state index in [9.17, 15) is 0 Å². The zero-order valence-electron chi connectivity index (χ0n) is 12.7. The minimum absolute atomic E-state index is 0. The third kappa shape index (κ3) is 4.25. The van der Waals surface area contributed by atoms with Crippen LogP contribution in [0.2, 0.25) is 5.02 Å². The average molecular weight is 348 g/mol. The first-order valence-electron chi connectivity index (χ1n) is 7.46. The van der Waals surface area contributed by atoms with Gasteiger partial charge in [-0.2, -0.15) is 5.26 Å². The number of nitrogens with one attached hydrogen (secondary N) is 1. The van der Waals surface area contributed by atoms with Gasteiger partial charge in [0, 0.05) is 37.2 Å². The van der Waals surface area contributed by atoms with Crippen LogP contribution in [-0.4, -0.2) is 24.5 Å². The highest BCUT2D eigenvalue weighted by Gasteiger charge is 2.25. The Morgan fingerprint density at radius 1 is 1.17 bits per heavy atom. The number of hydrogen-bond acceptors (Lipinski definition) is 3. The highest BCUT2D eigenvalue weighted by Crippen LogP contribution is 2.29. The van der Waals surface area contributed by atoms with E-state index in [-0.39, 0.29) is 18.4 Å².